The van der Waals surface area contributed by atoms with Crippen molar-refractivity contribution in [2.75, 3.05) is 52.9 Å². The summed E-state index contributed by atoms with van der Waals surface area (Å²) in [6.07, 6.45) is 9.07. The van der Waals surface area contributed by atoms with E-state index in [1.807, 2.05) is 0 Å². The van der Waals surface area contributed by atoms with Crippen molar-refractivity contribution in [1.82, 2.24) is 20.4 Å². The third-order valence-corrected chi connectivity index (χ3v) is 6.53. The molecule has 152 valence electrons. The van der Waals surface area contributed by atoms with Crippen LogP contribution in [0.2, 0.25) is 0 Å². The molecule has 2 aliphatic rings. The van der Waals surface area contributed by atoms with E-state index in [-0.39, 0.29) is 5.54 Å². The lowest BCUT2D eigenvalue weighted by Crippen LogP contribution is -2.58. The van der Waals surface area contributed by atoms with Crippen molar-refractivity contribution in [3.8, 4) is 0 Å². The molecule has 0 atom stereocenters. The van der Waals surface area contributed by atoms with Crippen LogP contribution in [0, 0.1) is 5.92 Å². The van der Waals surface area contributed by atoms with E-state index in [0.717, 1.165) is 31.5 Å². The summed E-state index contributed by atoms with van der Waals surface area (Å²) in [6, 6.07) is 0. The number of rotatable bonds is 8. The molecule has 0 aromatic rings. The largest absolute Gasteiger partial charge is 0.357 e. The van der Waals surface area contributed by atoms with Crippen molar-refractivity contribution < 1.29 is 0 Å². The topological polar surface area (TPSA) is 42.9 Å². The van der Waals surface area contributed by atoms with Crippen molar-refractivity contribution in [1.29, 1.82) is 0 Å². The summed E-state index contributed by atoms with van der Waals surface area (Å²) in [5.74, 6) is 1.74. The van der Waals surface area contributed by atoms with Gasteiger partial charge < -0.3 is 15.5 Å². The van der Waals surface area contributed by atoms with Crippen LogP contribution < -0.4 is 10.6 Å². The number of nitrogens with zero attached hydrogens (tertiary/aromatic N) is 3. The van der Waals surface area contributed by atoms with Gasteiger partial charge in [0.1, 0.15) is 0 Å². The number of likely N-dealkylation sites (tertiary alicyclic amines) is 2. The average Bonchev–Trinajstić information content (AvgIpc) is 2.69. The second kappa shape index (κ2) is 11.1. The summed E-state index contributed by atoms with van der Waals surface area (Å²) >= 11 is 0. The number of hydrogen-bond donors (Lipinski definition) is 2. The maximum absolute atomic E-state index is 5.08. The second-order valence-corrected chi connectivity index (χ2v) is 8.33. The highest BCUT2D eigenvalue weighted by Gasteiger charge is 2.39. The van der Waals surface area contributed by atoms with Gasteiger partial charge in [0.05, 0.1) is 6.54 Å². The third-order valence-electron chi connectivity index (χ3n) is 6.53. The molecule has 2 aliphatic heterocycles. The molecule has 5 nitrogen and oxygen atoms in total. The Morgan fingerprint density at radius 2 is 1.62 bits per heavy atom. The Balaban J connectivity index is 2.04. The molecule has 0 spiro atoms. The Morgan fingerprint density at radius 1 is 0.962 bits per heavy atom. The first-order chi connectivity index (χ1) is 12.6. The highest BCUT2D eigenvalue weighted by molar-refractivity contribution is 5.79. The first kappa shape index (κ1) is 21.5. The quantitative estimate of drug-likeness (QED) is 0.513. The van der Waals surface area contributed by atoms with Crippen LogP contribution in [-0.4, -0.2) is 74.2 Å². The zero-order valence-corrected chi connectivity index (χ0v) is 17.8. The van der Waals surface area contributed by atoms with Crippen LogP contribution in [-0.2, 0) is 0 Å². The Labute approximate surface area is 162 Å². The van der Waals surface area contributed by atoms with E-state index in [1.165, 1.54) is 71.1 Å². The Morgan fingerprint density at radius 3 is 2.19 bits per heavy atom. The normalized spacial score (nSPS) is 22.6. The smallest absolute Gasteiger partial charge is 0.191 e. The lowest BCUT2D eigenvalue weighted by atomic mass is 9.84. The van der Waals surface area contributed by atoms with Gasteiger partial charge >= 0.3 is 0 Å². The van der Waals surface area contributed by atoms with E-state index < -0.39 is 0 Å². The lowest BCUT2D eigenvalue weighted by Gasteiger charge is -2.49. The van der Waals surface area contributed by atoms with E-state index in [1.54, 1.807) is 0 Å². The van der Waals surface area contributed by atoms with Gasteiger partial charge in [-0.3, -0.25) is 9.89 Å². The first-order valence-corrected chi connectivity index (χ1v) is 11.1. The fourth-order valence-electron chi connectivity index (χ4n) is 4.36. The molecular formula is C21H43N5. The Kier molecular flexibility index (Phi) is 9.20. The zero-order chi connectivity index (χ0) is 18.8. The molecule has 0 amide bonds. The first-order valence-electron chi connectivity index (χ1n) is 11.1. The van der Waals surface area contributed by atoms with Gasteiger partial charge in [-0.15, -0.1) is 0 Å². The molecule has 0 radical (unpaired) electrons. The minimum absolute atomic E-state index is 0.268. The van der Waals surface area contributed by atoms with E-state index in [9.17, 15) is 0 Å². The number of guanidine groups is 1. The molecule has 2 heterocycles. The van der Waals surface area contributed by atoms with Gasteiger partial charge in [-0.05, 0) is 71.8 Å². The second-order valence-electron chi connectivity index (χ2n) is 8.33. The maximum Gasteiger partial charge on any atom is 0.191 e. The van der Waals surface area contributed by atoms with E-state index in [2.05, 4.69) is 48.3 Å². The number of piperidine rings is 2. The summed E-state index contributed by atoms with van der Waals surface area (Å²) < 4.78 is 0. The predicted molar refractivity (Wildman–Crippen MR) is 113 cm³/mol. The molecule has 0 bridgehead atoms. The van der Waals surface area contributed by atoms with Crippen LogP contribution in [0.1, 0.15) is 65.7 Å². The van der Waals surface area contributed by atoms with Crippen molar-refractivity contribution in [3.63, 3.8) is 0 Å². The fraction of sp³-hybridized carbons (Fsp3) is 0.952. The standard InChI is InChI=1S/C21H43N5/c1-5-19(6-2)17-23-20(22-7-3)24-18-21(11-15-25(4)16-12-21)26-13-9-8-10-14-26/h19H,5-18H2,1-4H3,(H2,22,23,24). The monoisotopic (exact) mass is 365 g/mol. The fourth-order valence-corrected chi connectivity index (χ4v) is 4.36. The Hall–Kier alpha value is -0.810. The molecule has 0 aromatic heterocycles. The predicted octanol–water partition coefficient (Wildman–Crippen LogP) is 2.93. The van der Waals surface area contributed by atoms with Crippen LogP contribution >= 0.6 is 0 Å². The molecule has 0 aromatic carbocycles. The Bertz CT molecular complexity index is 405. The highest BCUT2D eigenvalue weighted by Crippen LogP contribution is 2.31. The zero-order valence-electron chi connectivity index (χ0n) is 17.8. The van der Waals surface area contributed by atoms with Gasteiger partial charge in [0.25, 0.3) is 0 Å². The van der Waals surface area contributed by atoms with Crippen LogP contribution in [0.15, 0.2) is 4.99 Å². The SMILES string of the molecule is CCNC(=NCC1(N2CCCCC2)CCN(C)CC1)NCC(CC)CC. The van der Waals surface area contributed by atoms with Gasteiger partial charge in [0, 0.05) is 18.6 Å². The van der Waals surface area contributed by atoms with Gasteiger partial charge in [-0.1, -0.05) is 33.1 Å². The van der Waals surface area contributed by atoms with Crippen LogP contribution in [0.25, 0.3) is 0 Å². The lowest BCUT2D eigenvalue weighted by molar-refractivity contribution is 0.0208. The van der Waals surface area contributed by atoms with Crippen LogP contribution in [0.5, 0.6) is 0 Å². The molecule has 26 heavy (non-hydrogen) atoms. The minimum atomic E-state index is 0.268. The van der Waals surface area contributed by atoms with Crippen molar-refractivity contribution in [2.45, 2.75) is 71.3 Å². The van der Waals surface area contributed by atoms with Gasteiger partial charge in [0.2, 0.25) is 0 Å². The molecule has 2 saturated heterocycles. The summed E-state index contributed by atoms with van der Waals surface area (Å²) in [6.45, 7) is 14.5. The summed E-state index contributed by atoms with van der Waals surface area (Å²) in [5, 5.41) is 7.07. The molecule has 2 fully saturated rings. The van der Waals surface area contributed by atoms with Crippen LogP contribution in [0.3, 0.4) is 0 Å². The van der Waals surface area contributed by atoms with Crippen molar-refractivity contribution in [2.24, 2.45) is 10.9 Å². The highest BCUT2D eigenvalue weighted by atomic mass is 15.3. The summed E-state index contributed by atoms with van der Waals surface area (Å²) in [5.41, 5.74) is 0.268. The molecule has 0 unspecified atom stereocenters. The van der Waals surface area contributed by atoms with Gasteiger partial charge in [-0.25, -0.2) is 0 Å². The number of hydrogen-bond acceptors (Lipinski definition) is 3. The molecule has 0 aliphatic carbocycles. The van der Waals surface area contributed by atoms with Crippen LogP contribution in [0.4, 0.5) is 0 Å². The van der Waals surface area contributed by atoms with Gasteiger partial charge in [-0.2, -0.15) is 0 Å². The number of aliphatic imine (C=N–C) groups is 1. The summed E-state index contributed by atoms with van der Waals surface area (Å²) in [7, 11) is 2.25. The molecule has 2 rings (SSSR count). The van der Waals surface area contributed by atoms with Crippen molar-refractivity contribution in [3.05, 3.63) is 0 Å². The number of nitrogens with one attached hydrogen (secondary N) is 2. The molecular weight excluding hydrogens is 322 g/mol. The average molecular weight is 366 g/mol. The minimum Gasteiger partial charge on any atom is -0.357 e. The maximum atomic E-state index is 5.08. The van der Waals surface area contributed by atoms with E-state index in [4.69, 9.17) is 4.99 Å². The van der Waals surface area contributed by atoms with E-state index in [0.29, 0.717) is 0 Å². The van der Waals surface area contributed by atoms with Gasteiger partial charge in [0.15, 0.2) is 5.96 Å². The molecule has 0 saturated carbocycles. The summed E-state index contributed by atoms with van der Waals surface area (Å²) in [4.78, 5) is 10.3. The van der Waals surface area contributed by atoms with Crippen molar-refractivity contribution >= 4 is 5.96 Å². The third kappa shape index (κ3) is 6.12. The molecule has 5 heteroatoms. The molecule has 2 N–H and O–H groups in total. The van der Waals surface area contributed by atoms with E-state index >= 15 is 0 Å².